The number of sulfone groups is 1. The second kappa shape index (κ2) is 7.17. The number of rotatable bonds is 5. The van der Waals surface area contributed by atoms with E-state index in [0.717, 1.165) is 5.56 Å². The van der Waals surface area contributed by atoms with Crippen molar-refractivity contribution in [3.05, 3.63) is 30.3 Å². The molecule has 1 fully saturated rings. The summed E-state index contributed by atoms with van der Waals surface area (Å²) in [5.41, 5.74) is 0.925. The lowest BCUT2D eigenvalue weighted by atomic mass is 10.2. The Morgan fingerprint density at radius 2 is 2.08 bits per heavy atom. The summed E-state index contributed by atoms with van der Waals surface area (Å²) in [5.74, 6) is 0.736. The van der Waals surface area contributed by atoms with Gasteiger partial charge in [0.25, 0.3) is 0 Å². The van der Waals surface area contributed by atoms with Crippen LogP contribution in [0, 0.1) is 0 Å². The van der Waals surface area contributed by atoms with Gasteiger partial charge in [-0.25, -0.2) is 13.4 Å². The molecule has 134 valence electrons. The van der Waals surface area contributed by atoms with Crippen LogP contribution in [0.1, 0.15) is 13.3 Å². The summed E-state index contributed by atoms with van der Waals surface area (Å²) in [6, 6.07) is 9.38. The molecule has 7 nitrogen and oxygen atoms in total. The van der Waals surface area contributed by atoms with Gasteiger partial charge in [-0.05, 0) is 13.3 Å². The zero-order chi connectivity index (χ0) is 18.0. The molecular weight excluding hydrogens is 360 g/mol. The number of benzene rings is 1. The second-order valence-electron chi connectivity index (χ2n) is 6.10. The summed E-state index contributed by atoms with van der Waals surface area (Å²) in [6.45, 7) is 1.78. The Morgan fingerprint density at radius 3 is 2.72 bits per heavy atom. The van der Waals surface area contributed by atoms with Crippen LogP contribution in [0.15, 0.2) is 35.5 Å². The fourth-order valence-corrected chi connectivity index (χ4v) is 5.38. The molecule has 2 aromatic rings. The summed E-state index contributed by atoms with van der Waals surface area (Å²) in [4.78, 5) is 18.5. The zero-order valence-electron chi connectivity index (χ0n) is 14.0. The Kier molecular flexibility index (Phi) is 5.14. The Hall–Kier alpha value is -1.87. The van der Waals surface area contributed by atoms with Crippen molar-refractivity contribution in [3.63, 3.8) is 0 Å². The average molecular weight is 380 g/mol. The van der Waals surface area contributed by atoms with E-state index in [4.69, 9.17) is 0 Å². The smallest absolute Gasteiger partial charge is 0.235 e. The van der Waals surface area contributed by atoms with Gasteiger partial charge in [-0.2, -0.15) is 0 Å². The maximum absolute atomic E-state index is 12.6. The highest BCUT2D eigenvalue weighted by molar-refractivity contribution is 8.00. The summed E-state index contributed by atoms with van der Waals surface area (Å²) in [7, 11) is -1.35. The molecule has 25 heavy (non-hydrogen) atoms. The maximum Gasteiger partial charge on any atom is 0.235 e. The first kappa shape index (κ1) is 17.9. The van der Waals surface area contributed by atoms with E-state index < -0.39 is 15.1 Å². The van der Waals surface area contributed by atoms with Crippen molar-refractivity contribution in [1.82, 2.24) is 20.1 Å². The van der Waals surface area contributed by atoms with Crippen molar-refractivity contribution in [2.45, 2.75) is 29.8 Å². The van der Waals surface area contributed by atoms with Crippen LogP contribution in [-0.2, 0) is 14.6 Å². The van der Waals surface area contributed by atoms with Crippen molar-refractivity contribution in [2.24, 2.45) is 0 Å². The third-order valence-electron chi connectivity index (χ3n) is 4.25. The molecule has 3 rings (SSSR count). The number of carbonyl (C=O) groups excluding carboxylic acids is 1. The molecule has 1 aliphatic heterocycles. The Bertz CT molecular complexity index is 851. The van der Waals surface area contributed by atoms with Crippen LogP contribution in [0.25, 0.3) is 11.4 Å². The number of aromatic nitrogens is 3. The first-order chi connectivity index (χ1) is 11.9. The molecule has 0 bridgehead atoms. The van der Waals surface area contributed by atoms with Crippen LogP contribution >= 0.6 is 11.8 Å². The molecule has 0 spiro atoms. The summed E-state index contributed by atoms with van der Waals surface area (Å²) in [6.07, 6.45) is 0.501. The van der Waals surface area contributed by atoms with E-state index in [1.165, 1.54) is 11.8 Å². The normalized spacial score (nSPS) is 20.3. The highest BCUT2D eigenvalue weighted by atomic mass is 32.2. The van der Waals surface area contributed by atoms with Crippen molar-refractivity contribution >= 4 is 27.5 Å². The summed E-state index contributed by atoms with van der Waals surface area (Å²) < 4.78 is 23.2. The van der Waals surface area contributed by atoms with E-state index in [1.54, 1.807) is 18.9 Å². The van der Waals surface area contributed by atoms with Crippen molar-refractivity contribution in [1.29, 1.82) is 0 Å². The predicted octanol–water partition coefficient (Wildman–Crippen LogP) is 1.60. The van der Waals surface area contributed by atoms with E-state index in [0.29, 0.717) is 17.4 Å². The molecule has 2 heterocycles. The monoisotopic (exact) mass is 380 g/mol. The number of nitrogens with zero attached hydrogens (tertiary/aromatic N) is 3. The third-order valence-corrected chi connectivity index (χ3v) is 6.94. The molecule has 0 aliphatic carbocycles. The van der Waals surface area contributed by atoms with Crippen LogP contribution in [0.2, 0.25) is 0 Å². The van der Waals surface area contributed by atoms with Crippen LogP contribution in [0.5, 0.6) is 0 Å². The van der Waals surface area contributed by atoms with Gasteiger partial charge in [-0.1, -0.05) is 42.1 Å². The minimum Gasteiger partial charge on any atom is -0.341 e. The topological polar surface area (TPSA) is 96.0 Å². The Balaban J connectivity index is 1.63. The highest BCUT2D eigenvalue weighted by Gasteiger charge is 2.34. The van der Waals surface area contributed by atoms with Gasteiger partial charge in [-0.15, -0.1) is 5.10 Å². The molecule has 0 saturated carbocycles. The largest absolute Gasteiger partial charge is 0.341 e. The Morgan fingerprint density at radius 1 is 1.36 bits per heavy atom. The van der Waals surface area contributed by atoms with Gasteiger partial charge in [0, 0.05) is 18.7 Å². The van der Waals surface area contributed by atoms with Crippen LogP contribution in [0.4, 0.5) is 0 Å². The number of nitrogens with one attached hydrogen (secondary N) is 1. The lowest BCUT2D eigenvalue weighted by molar-refractivity contribution is -0.130. The van der Waals surface area contributed by atoms with Crippen molar-refractivity contribution in [3.8, 4) is 11.4 Å². The van der Waals surface area contributed by atoms with Gasteiger partial charge in [0.2, 0.25) is 11.1 Å². The molecule has 0 radical (unpaired) electrons. The molecule has 1 saturated heterocycles. The number of amides is 1. The van der Waals surface area contributed by atoms with Gasteiger partial charge < -0.3 is 4.90 Å². The van der Waals surface area contributed by atoms with E-state index in [2.05, 4.69) is 15.2 Å². The van der Waals surface area contributed by atoms with Gasteiger partial charge in [0.15, 0.2) is 15.7 Å². The quantitative estimate of drug-likeness (QED) is 0.792. The molecule has 1 aliphatic rings. The molecule has 0 unspecified atom stereocenters. The lowest BCUT2D eigenvalue weighted by Gasteiger charge is -2.25. The molecule has 1 amide bonds. The zero-order valence-corrected chi connectivity index (χ0v) is 15.7. The fourth-order valence-electron chi connectivity index (χ4n) is 2.78. The van der Waals surface area contributed by atoms with E-state index in [9.17, 15) is 13.2 Å². The van der Waals surface area contributed by atoms with Crippen molar-refractivity contribution in [2.75, 3.05) is 18.6 Å². The van der Waals surface area contributed by atoms with E-state index in [1.807, 2.05) is 30.3 Å². The lowest BCUT2D eigenvalue weighted by Crippen LogP contribution is -2.41. The molecule has 1 aromatic carbocycles. The minimum atomic E-state index is -3.02. The van der Waals surface area contributed by atoms with Gasteiger partial charge in [0.1, 0.15) is 0 Å². The van der Waals surface area contributed by atoms with Crippen LogP contribution in [0.3, 0.4) is 0 Å². The molecule has 9 heteroatoms. The number of thioether (sulfide) groups is 1. The molecule has 1 N–H and O–H groups in total. The number of H-pyrrole nitrogens is 1. The number of carbonyl (C=O) groups is 1. The minimum absolute atomic E-state index is 0.0471. The Labute approximate surface area is 151 Å². The predicted molar refractivity (Wildman–Crippen MR) is 97.0 cm³/mol. The second-order valence-corrected chi connectivity index (χ2v) is 9.64. The van der Waals surface area contributed by atoms with E-state index in [-0.39, 0.29) is 23.5 Å². The third kappa shape index (κ3) is 4.21. The SMILES string of the molecule is C[C@@H](Sc1n[nH]c(-c2ccccc2)n1)C(=O)N(C)[C@H]1CCS(=O)(=O)C1. The van der Waals surface area contributed by atoms with Gasteiger partial charge in [-0.3, -0.25) is 9.89 Å². The standard InChI is InChI=1S/C16H20N4O3S2/c1-11(15(21)20(2)13-8-9-25(22,23)10-13)24-16-17-14(18-19-16)12-6-4-3-5-7-12/h3-7,11,13H,8-10H2,1-2H3,(H,17,18,19)/t11-,13+/m1/s1. The highest BCUT2D eigenvalue weighted by Crippen LogP contribution is 2.25. The van der Waals surface area contributed by atoms with E-state index >= 15 is 0 Å². The molecular formula is C16H20N4O3S2. The van der Waals surface area contributed by atoms with Gasteiger partial charge in [0.05, 0.1) is 16.8 Å². The first-order valence-corrected chi connectivity index (χ1v) is 10.7. The number of aromatic amines is 1. The number of hydrogen-bond donors (Lipinski definition) is 1. The maximum atomic E-state index is 12.6. The average Bonchev–Trinajstić information content (AvgIpc) is 3.20. The molecule has 2 atom stereocenters. The summed E-state index contributed by atoms with van der Waals surface area (Å²) >= 11 is 1.26. The number of hydrogen-bond acceptors (Lipinski definition) is 6. The summed E-state index contributed by atoms with van der Waals surface area (Å²) in [5, 5.41) is 7.13. The van der Waals surface area contributed by atoms with Crippen molar-refractivity contribution < 1.29 is 13.2 Å². The van der Waals surface area contributed by atoms with Crippen LogP contribution in [-0.4, -0.2) is 64.3 Å². The van der Waals surface area contributed by atoms with Crippen LogP contribution < -0.4 is 0 Å². The first-order valence-electron chi connectivity index (χ1n) is 7.97. The molecule has 1 aromatic heterocycles. The fraction of sp³-hybridized carbons (Fsp3) is 0.438. The van der Waals surface area contributed by atoms with Gasteiger partial charge >= 0.3 is 0 Å².